The third-order valence-corrected chi connectivity index (χ3v) is 6.59. The normalized spacial score (nSPS) is 24.3. The van der Waals surface area contributed by atoms with Gasteiger partial charge in [-0.05, 0) is 48.9 Å². The summed E-state index contributed by atoms with van der Waals surface area (Å²) in [6.07, 6.45) is 4.84. The summed E-state index contributed by atoms with van der Waals surface area (Å²) in [6, 6.07) is 7.32. The molecule has 0 saturated carbocycles. The lowest BCUT2D eigenvalue weighted by Gasteiger charge is -2.32. The molecule has 5 heteroatoms. The maximum absolute atomic E-state index is 12.6. The molecule has 4 rings (SSSR count). The molecule has 1 atom stereocenters. The standard InChI is InChI=1S/C19H27N3OS/c23-19(14-24-18-5-4-15-2-1-3-16(15)12-18)22-9-6-17(13-22)21-10-7-20-8-11-21/h4-5,12,17,20H,1-3,6-11,13-14H2. The van der Waals surface area contributed by atoms with Crippen LogP contribution >= 0.6 is 11.8 Å². The predicted molar refractivity (Wildman–Crippen MR) is 98.6 cm³/mol. The lowest BCUT2D eigenvalue weighted by molar-refractivity contribution is -0.127. The molecule has 2 saturated heterocycles. The van der Waals surface area contributed by atoms with Crippen LogP contribution in [0.15, 0.2) is 23.1 Å². The Labute approximate surface area is 149 Å². The molecule has 2 fully saturated rings. The summed E-state index contributed by atoms with van der Waals surface area (Å²) in [5, 5.41) is 3.40. The molecule has 4 nitrogen and oxygen atoms in total. The van der Waals surface area contributed by atoms with Gasteiger partial charge in [0.25, 0.3) is 0 Å². The van der Waals surface area contributed by atoms with E-state index in [1.54, 1.807) is 11.8 Å². The van der Waals surface area contributed by atoms with Crippen molar-refractivity contribution in [1.82, 2.24) is 15.1 Å². The van der Waals surface area contributed by atoms with Gasteiger partial charge in [0, 0.05) is 50.2 Å². The molecule has 130 valence electrons. The fourth-order valence-electron chi connectivity index (χ4n) is 4.19. The van der Waals surface area contributed by atoms with E-state index in [-0.39, 0.29) is 0 Å². The summed E-state index contributed by atoms with van der Waals surface area (Å²) in [5.41, 5.74) is 3.00. The molecular formula is C19H27N3OS. The number of nitrogens with zero attached hydrogens (tertiary/aromatic N) is 2. The van der Waals surface area contributed by atoms with Crippen LogP contribution in [0.2, 0.25) is 0 Å². The first-order chi connectivity index (χ1) is 11.8. The van der Waals surface area contributed by atoms with Gasteiger partial charge in [0.05, 0.1) is 5.75 Å². The first-order valence-corrected chi connectivity index (χ1v) is 10.3. The number of thioether (sulfide) groups is 1. The molecule has 24 heavy (non-hydrogen) atoms. The largest absolute Gasteiger partial charge is 0.340 e. The van der Waals surface area contributed by atoms with Gasteiger partial charge in [0.2, 0.25) is 5.91 Å². The summed E-state index contributed by atoms with van der Waals surface area (Å²) in [6.45, 7) is 6.26. The summed E-state index contributed by atoms with van der Waals surface area (Å²) in [7, 11) is 0. The van der Waals surface area contributed by atoms with Crippen molar-refractivity contribution in [3.63, 3.8) is 0 Å². The second-order valence-corrected chi connectivity index (χ2v) is 8.19. The molecule has 1 aliphatic carbocycles. The van der Waals surface area contributed by atoms with Gasteiger partial charge in [0.1, 0.15) is 0 Å². The first kappa shape index (κ1) is 16.4. The number of aryl methyl sites for hydroxylation is 2. The molecule has 1 aromatic carbocycles. The van der Waals surface area contributed by atoms with Crippen molar-refractivity contribution in [2.75, 3.05) is 45.0 Å². The zero-order valence-corrected chi connectivity index (χ0v) is 15.1. The SMILES string of the molecule is O=C(CSc1ccc2c(c1)CCC2)N1CCC(N2CCNCC2)C1. The van der Waals surface area contributed by atoms with Crippen LogP contribution in [-0.4, -0.2) is 66.8 Å². The lowest BCUT2D eigenvalue weighted by atomic mass is 10.1. The Hall–Kier alpha value is -1.04. The maximum Gasteiger partial charge on any atom is 0.232 e. The Bertz CT molecular complexity index is 600. The van der Waals surface area contributed by atoms with Gasteiger partial charge >= 0.3 is 0 Å². The second kappa shape index (κ2) is 7.46. The summed E-state index contributed by atoms with van der Waals surface area (Å²) < 4.78 is 0. The number of nitrogens with one attached hydrogen (secondary N) is 1. The van der Waals surface area contributed by atoms with E-state index in [0.717, 1.165) is 45.7 Å². The van der Waals surface area contributed by atoms with E-state index in [1.165, 1.54) is 35.3 Å². The average Bonchev–Trinajstić information content (AvgIpc) is 3.29. The molecular weight excluding hydrogens is 318 g/mol. The van der Waals surface area contributed by atoms with Gasteiger partial charge < -0.3 is 10.2 Å². The zero-order valence-electron chi connectivity index (χ0n) is 14.3. The summed E-state index contributed by atoms with van der Waals surface area (Å²) in [5.74, 6) is 0.880. The molecule has 2 heterocycles. The van der Waals surface area contributed by atoms with E-state index >= 15 is 0 Å². The Kier molecular flexibility index (Phi) is 5.11. The minimum Gasteiger partial charge on any atom is -0.340 e. The third kappa shape index (κ3) is 3.63. The van der Waals surface area contributed by atoms with Crippen LogP contribution in [0.5, 0.6) is 0 Å². The van der Waals surface area contributed by atoms with Crippen molar-refractivity contribution < 1.29 is 4.79 Å². The van der Waals surface area contributed by atoms with Gasteiger partial charge in [-0.25, -0.2) is 0 Å². The topological polar surface area (TPSA) is 35.6 Å². The number of rotatable bonds is 4. The Morgan fingerprint density at radius 1 is 1.17 bits per heavy atom. The molecule has 1 unspecified atom stereocenters. The fourth-order valence-corrected chi connectivity index (χ4v) is 5.05. The van der Waals surface area contributed by atoms with Crippen molar-refractivity contribution in [3.8, 4) is 0 Å². The smallest absolute Gasteiger partial charge is 0.232 e. The monoisotopic (exact) mass is 345 g/mol. The van der Waals surface area contributed by atoms with Crippen LogP contribution in [0.4, 0.5) is 0 Å². The van der Waals surface area contributed by atoms with E-state index in [2.05, 4.69) is 33.3 Å². The molecule has 1 N–H and O–H groups in total. The number of piperazine rings is 1. The maximum atomic E-state index is 12.6. The highest BCUT2D eigenvalue weighted by molar-refractivity contribution is 8.00. The highest BCUT2D eigenvalue weighted by Crippen LogP contribution is 2.28. The van der Waals surface area contributed by atoms with E-state index in [1.807, 2.05) is 0 Å². The minimum atomic E-state index is 0.304. The van der Waals surface area contributed by atoms with Crippen molar-refractivity contribution in [2.24, 2.45) is 0 Å². The Balaban J connectivity index is 1.27. The summed E-state index contributed by atoms with van der Waals surface area (Å²) >= 11 is 1.70. The number of carbonyl (C=O) groups is 1. The quantitative estimate of drug-likeness (QED) is 0.844. The highest BCUT2D eigenvalue weighted by Gasteiger charge is 2.30. The molecule has 0 aromatic heterocycles. The van der Waals surface area contributed by atoms with Crippen molar-refractivity contribution in [2.45, 2.75) is 36.6 Å². The molecule has 1 amide bonds. The lowest BCUT2D eigenvalue weighted by Crippen LogP contribution is -2.49. The van der Waals surface area contributed by atoms with Crippen LogP contribution in [0.1, 0.15) is 24.0 Å². The third-order valence-electron chi connectivity index (χ3n) is 5.62. The van der Waals surface area contributed by atoms with Gasteiger partial charge in [-0.3, -0.25) is 9.69 Å². The van der Waals surface area contributed by atoms with E-state index in [0.29, 0.717) is 17.7 Å². The average molecular weight is 346 g/mol. The molecule has 3 aliphatic rings. The molecule has 1 aromatic rings. The van der Waals surface area contributed by atoms with E-state index in [4.69, 9.17) is 0 Å². The van der Waals surface area contributed by atoms with Crippen LogP contribution < -0.4 is 5.32 Å². The van der Waals surface area contributed by atoms with Crippen LogP contribution in [0.3, 0.4) is 0 Å². The van der Waals surface area contributed by atoms with Crippen molar-refractivity contribution in [1.29, 1.82) is 0 Å². The van der Waals surface area contributed by atoms with Crippen molar-refractivity contribution >= 4 is 17.7 Å². The van der Waals surface area contributed by atoms with E-state index < -0.39 is 0 Å². The van der Waals surface area contributed by atoms with Crippen molar-refractivity contribution in [3.05, 3.63) is 29.3 Å². The number of hydrogen-bond donors (Lipinski definition) is 1. The molecule has 0 radical (unpaired) electrons. The number of amides is 1. The van der Waals surface area contributed by atoms with Gasteiger partial charge in [-0.15, -0.1) is 11.8 Å². The van der Waals surface area contributed by atoms with Crippen LogP contribution in [-0.2, 0) is 17.6 Å². The van der Waals surface area contributed by atoms with Crippen LogP contribution in [0.25, 0.3) is 0 Å². The van der Waals surface area contributed by atoms with E-state index in [9.17, 15) is 4.79 Å². The summed E-state index contributed by atoms with van der Waals surface area (Å²) in [4.78, 5) is 18.4. The molecule has 0 bridgehead atoms. The fraction of sp³-hybridized carbons (Fsp3) is 0.632. The zero-order chi connectivity index (χ0) is 16.4. The molecule has 2 aliphatic heterocycles. The van der Waals surface area contributed by atoms with Gasteiger partial charge in [-0.2, -0.15) is 0 Å². The Morgan fingerprint density at radius 3 is 2.88 bits per heavy atom. The second-order valence-electron chi connectivity index (χ2n) is 7.14. The number of fused-ring (bicyclic) bond motifs is 1. The Morgan fingerprint density at radius 2 is 2.00 bits per heavy atom. The number of benzene rings is 1. The van der Waals surface area contributed by atoms with Crippen LogP contribution in [0, 0.1) is 0 Å². The number of hydrogen-bond acceptors (Lipinski definition) is 4. The first-order valence-electron chi connectivity index (χ1n) is 9.27. The minimum absolute atomic E-state index is 0.304. The molecule has 0 spiro atoms. The van der Waals surface area contributed by atoms with Gasteiger partial charge in [0.15, 0.2) is 0 Å². The highest BCUT2D eigenvalue weighted by atomic mass is 32.2. The predicted octanol–water partition coefficient (Wildman–Crippen LogP) is 1.77. The number of carbonyl (C=O) groups excluding carboxylic acids is 1. The number of likely N-dealkylation sites (tertiary alicyclic amines) is 1. The van der Waals surface area contributed by atoms with Gasteiger partial charge in [-0.1, -0.05) is 6.07 Å².